The van der Waals surface area contributed by atoms with Crippen LogP contribution in [0.1, 0.15) is 15.9 Å². The van der Waals surface area contributed by atoms with Crippen LogP contribution in [0, 0.1) is 18.6 Å². The summed E-state index contributed by atoms with van der Waals surface area (Å²) in [6.07, 6.45) is 0. The summed E-state index contributed by atoms with van der Waals surface area (Å²) in [6.45, 7) is 1.70. The van der Waals surface area contributed by atoms with Crippen molar-refractivity contribution in [2.45, 2.75) is 6.92 Å². The summed E-state index contributed by atoms with van der Waals surface area (Å²) in [5.41, 5.74) is 6.74. The van der Waals surface area contributed by atoms with Crippen LogP contribution in [0.2, 0.25) is 0 Å². The van der Waals surface area contributed by atoms with Gasteiger partial charge in [-0.05, 0) is 60.0 Å². The van der Waals surface area contributed by atoms with Gasteiger partial charge in [0.1, 0.15) is 17.4 Å². The van der Waals surface area contributed by atoms with E-state index in [1.165, 1.54) is 36.4 Å². The van der Waals surface area contributed by atoms with Crippen LogP contribution in [0.3, 0.4) is 0 Å². The van der Waals surface area contributed by atoms with Crippen molar-refractivity contribution < 1.29 is 23.4 Å². The summed E-state index contributed by atoms with van der Waals surface area (Å²) in [6, 6.07) is 27.7. The number of fused-ring (bicyclic) bond motifs is 4. The number of carboxylic acid groups (broad SMARTS) is 1. The second-order valence-electron chi connectivity index (χ2n) is 10.4. The zero-order chi connectivity index (χ0) is 29.4. The summed E-state index contributed by atoms with van der Waals surface area (Å²) in [7, 11) is 0. The first-order valence-corrected chi connectivity index (χ1v) is 13.5. The lowest BCUT2D eigenvalue weighted by Gasteiger charge is -2.20. The molecule has 0 saturated heterocycles. The quantitative estimate of drug-likeness (QED) is 0.226. The van der Waals surface area contributed by atoms with Crippen molar-refractivity contribution in [3.63, 3.8) is 0 Å². The molecule has 9 heteroatoms. The number of aromatic nitrogens is 4. The van der Waals surface area contributed by atoms with Gasteiger partial charge in [0.2, 0.25) is 5.95 Å². The fourth-order valence-electron chi connectivity index (χ4n) is 5.77. The number of aryl methyl sites for hydroxylation is 1. The highest BCUT2D eigenvalue weighted by Crippen LogP contribution is 2.44. The molecule has 7 aromatic rings. The first kappa shape index (κ1) is 24.9. The van der Waals surface area contributed by atoms with E-state index < -0.39 is 17.6 Å². The van der Waals surface area contributed by atoms with Crippen molar-refractivity contribution in [2.24, 2.45) is 0 Å². The van der Waals surface area contributed by atoms with Crippen LogP contribution in [0.25, 0.3) is 56.0 Å². The Balaban J connectivity index is 1.40. The number of pyridine rings is 1. The highest BCUT2D eigenvalue weighted by Gasteiger charge is 2.29. The molecular formula is C34H20F2N4O3. The molecule has 43 heavy (non-hydrogen) atoms. The van der Waals surface area contributed by atoms with Gasteiger partial charge in [0.25, 0.3) is 0 Å². The lowest BCUT2D eigenvalue weighted by molar-refractivity contribution is 0.0695. The van der Waals surface area contributed by atoms with Gasteiger partial charge in [0.15, 0.2) is 0 Å². The number of carboxylic acids is 1. The summed E-state index contributed by atoms with van der Waals surface area (Å²) < 4.78 is 39.2. The molecule has 0 unspecified atom stereocenters. The Morgan fingerprint density at radius 2 is 1.58 bits per heavy atom. The van der Waals surface area contributed by atoms with E-state index in [0.29, 0.717) is 39.1 Å². The maximum absolute atomic E-state index is 14.9. The number of hydrogen-bond donors (Lipinski definition) is 1. The minimum atomic E-state index is -1.09. The molecule has 0 radical (unpaired) electrons. The van der Waals surface area contributed by atoms with E-state index in [1.807, 2.05) is 53.1 Å². The molecule has 0 saturated carbocycles. The molecule has 2 aromatic heterocycles. The average molecular weight is 571 g/mol. The van der Waals surface area contributed by atoms with Crippen molar-refractivity contribution in [1.82, 2.24) is 19.1 Å². The Labute approximate surface area is 242 Å². The minimum absolute atomic E-state index is 0.0435. The first-order valence-electron chi connectivity index (χ1n) is 13.5. The number of rotatable bonds is 5. The van der Waals surface area contributed by atoms with Crippen molar-refractivity contribution >= 4 is 28.0 Å². The summed E-state index contributed by atoms with van der Waals surface area (Å²) in [5, 5.41) is 9.65. The number of aromatic carboxylic acids is 1. The van der Waals surface area contributed by atoms with Gasteiger partial charge in [-0.15, -0.1) is 0 Å². The van der Waals surface area contributed by atoms with E-state index in [-0.39, 0.29) is 17.3 Å². The van der Waals surface area contributed by atoms with Crippen LogP contribution in [0.15, 0.2) is 97.1 Å². The maximum atomic E-state index is 14.9. The summed E-state index contributed by atoms with van der Waals surface area (Å²) >= 11 is 0. The van der Waals surface area contributed by atoms with Gasteiger partial charge in [-0.25, -0.2) is 23.1 Å². The molecule has 0 atom stereocenters. The molecule has 7 nitrogen and oxygen atoms in total. The van der Waals surface area contributed by atoms with Crippen LogP contribution in [-0.4, -0.2) is 30.2 Å². The first-order chi connectivity index (χ1) is 20.9. The van der Waals surface area contributed by atoms with E-state index >= 15 is 0 Å². The molecule has 8 rings (SSSR count). The monoisotopic (exact) mass is 570 g/mol. The van der Waals surface area contributed by atoms with Crippen LogP contribution < -0.4 is 4.74 Å². The lowest BCUT2D eigenvalue weighted by atomic mass is 9.95. The third-order valence-electron chi connectivity index (χ3n) is 7.78. The SMILES string of the molecule is Cc1ccc(Oc2nc3ccc(F)cc3n2-c2nc3c4cc(F)cc3n2-c2cc(-c3ccccc3)ccc2-4)cc1C(=O)O. The summed E-state index contributed by atoms with van der Waals surface area (Å²) in [5.74, 6) is -1.44. The fraction of sp³-hybridized carbons (Fsp3) is 0.0294. The summed E-state index contributed by atoms with van der Waals surface area (Å²) in [4.78, 5) is 21.4. The Hall–Kier alpha value is -5.83. The largest absolute Gasteiger partial charge is 0.478 e. The molecule has 3 heterocycles. The number of benzene rings is 5. The number of halogens is 2. The zero-order valence-electron chi connectivity index (χ0n) is 22.5. The molecule has 0 amide bonds. The molecule has 5 aromatic carbocycles. The number of hydrogen-bond acceptors (Lipinski definition) is 4. The van der Waals surface area contributed by atoms with Crippen molar-refractivity contribution in [3.05, 3.63) is 120 Å². The molecule has 4 bridgehead atoms. The second-order valence-corrected chi connectivity index (χ2v) is 10.4. The van der Waals surface area contributed by atoms with Gasteiger partial charge >= 0.3 is 12.0 Å². The minimum Gasteiger partial charge on any atom is -0.478 e. The Kier molecular flexibility index (Phi) is 5.27. The van der Waals surface area contributed by atoms with Gasteiger partial charge in [0, 0.05) is 23.3 Å². The van der Waals surface area contributed by atoms with Crippen molar-refractivity contribution in [2.75, 3.05) is 0 Å². The van der Waals surface area contributed by atoms with Gasteiger partial charge in [-0.1, -0.05) is 48.5 Å². The van der Waals surface area contributed by atoms with Crippen LogP contribution in [0.4, 0.5) is 8.78 Å². The highest BCUT2D eigenvalue weighted by molar-refractivity contribution is 6.02. The predicted molar refractivity (Wildman–Crippen MR) is 158 cm³/mol. The predicted octanol–water partition coefficient (Wildman–Crippen LogP) is 8.09. The Morgan fingerprint density at radius 1 is 0.767 bits per heavy atom. The lowest BCUT2D eigenvalue weighted by Crippen LogP contribution is -2.09. The van der Waals surface area contributed by atoms with Crippen LogP contribution in [-0.2, 0) is 0 Å². The maximum Gasteiger partial charge on any atom is 0.336 e. The number of ether oxygens (including phenoxy) is 1. The van der Waals surface area contributed by atoms with Crippen LogP contribution in [0.5, 0.6) is 11.8 Å². The zero-order valence-corrected chi connectivity index (χ0v) is 22.5. The van der Waals surface area contributed by atoms with Gasteiger partial charge in [-0.2, -0.15) is 4.98 Å². The second kappa shape index (κ2) is 9.09. The molecule has 0 aliphatic carbocycles. The highest BCUT2D eigenvalue weighted by atomic mass is 19.1. The van der Waals surface area contributed by atoms with E-state index in [9.17, 15) is 18.7 Å². The van der Waals surface area contributed by atoms with E-state index in [1.54, 1.807) is 23.6 Å². The van der Waals surface area contributed by atoms with Crippen molar-refractivity contribution in [3.8, 4) is 45.6 Å². The van der Waals surface area contributed by atoms with E-state index in [4.69, 9.17) is 9.72 Å². The van der Waals surface area contributed by atoms with E-state index in [2.05, 4.69) is 4.98 Å². The normalized spacial score (nSPS) is 11.8. The van der Waals surface area contributed by atoms with E-state index in [0.717, 1.165) is 22.4 Å². The molecule has 0 fully saturated rings. The standard InChI is InChI=1S/C34H20F2N4O3/c1-18-7-10-23(17-25(18)32(41)42)43-34-37-27-12-9-21(35)15-29(27)40(34)33-38-31-26-14-22(36)16-30(31)39(33)28-13-20(8-11-24(26)28)19-5-3-2-4-6-19/h2-17H,1H3,(H,41,42). The Morgan fingerprint density at radius 3 is 2.40 bits per heavy atom. The van der Waals surface area contributed by atoms with Crippen molar-refractivity contribution in [1.29, 1.82) is 0 Å². The molecule has 1 aliphatic heterocycles. The molecular weight excluding hydrogens is 550 g/mol. The van der Waals surface area contributed by atoms with Gasteiger partial charge in [-0.3, -0.25) is 4.57 Å². The Bertz CT molecular complexity index is 2290. The molecule has 208 valence electrons. The fourth-order valence-corrected chi connectivity index (χ4v) is 5.77. The molecule has 0 spiro atoms. The third kappa shape index (κ3) is 3.82. The smallest absolute Gasteiger partial charge is 0.336 e. The topological polar surface area (TPSA) is 82.2 Å². The third-order valence-corrected chi connectivity index (χ3v) is 7.78. The average Bonchev–Trinajstić information content (AvgIpc) is 3.50. The molecule has 1 aliphatic rings. The van der Waals surface area contributed by atoms with Gasteiger partial charge < -0.3 is 9.84 Å². The van der Waals surface area contributed by atoms with Gasteiger partial charge in [0.05, 0.1) is 33.3 Å². The number of carbonyl (C=O) groups is 1. The number of imidazole rings is 2. The number of nitrogens with zero attached hydrogens (tertiary/aromatic N) is 4. The van der Waals surface area contributed by atoms with Crippen LogP contribution >= 0.6 is 0 Å². The molecule has 1 N–H and O–H groups in total.